The van der Waals surface area contributed by atoms with Crippen molar-refractivity contribution < 1.29 is 62.7 Å². The Labute approximate surface area is 92.7 Å². The second-order valence-corrected chi connectivity index (χ2v) is 1.25. The van der Waals surface area contributed by atoms with Crippen LogP contribution in [0.3, 0.4) is 0 Å². The topological polar surface area (TPSA) is 49.3 Å². The Morgan fingerprint density at radius 1 is 1.88 bits per heavy atom. The zero-order valence-corrected chi connectivity index (χ0v) is 8.39. The van der Waals surface area contributed by atoms with E-state index in [9.17, 15) is 4.79 Å². The Bertz CT molecular complexity index is 71.6. The molecule has 0 bridgehead atoms. The minimum atomic E-state index is -0.755. The molecule has 0 heterocycles. The van der Waals surface area contributed by atoms with Gasteiger partial charge in [0.2, 0.25) is 0 Å². The van der Waals surface area contributed by atoms with E-state index in [1.165, 1.54) is 0 Å². The number of rotatable bonds is 3. The predicted octanol–water partition coefficient (Wildman–Crippen LogP) is -3.20. The van der Waals surface area contributed by atoms with Crippen molar-refractivity contribution in [3.05, 3.63) is 0 Å². The minimum absolute atomic E-state index is 0. The van der Waals surface area contributed by atoms with E-state index in [1.807, 2.05) is 0 Å². The molecule has 0 aromatic heterocycles. The number of carboxylic acid groups (broad SMARTS) is 1. The van der Waals surface area contributed by atoms with Crippen LogP contribution >= 0.6 is 0 Å². The molecule has 0 saturated heterocycles. The summed E-state index contributed by atoms with van der Waals surface area (Å²) in [6, 6.07) is 0. The molecule has 8 heavy (non-hydrogen) atoms. The van der Waals surface area contributed by atoms with E-state index in [-0.39, 0.29) is 59.2 Å². The van der Waals surface area contributed by atoms with Crippen molar-refractivity contribution in [2.24, 2.45) is 0 Å². The van der Waals surface area contributed by atoms with Crippen LogP contribution in [0.1, 0.15) is 7.85 Å². The monoisotopic (exact) mass is 143 g/mol. The van der Waals surface area contributed by atoms with Gasteiger partial charge in [-0.2, -0.15) is 0 Å². The van der Waals surface area contributed by atoms with Crippen molar-refractivity contribution >= 4 is 5.97 Å². The Hall–Kier alpha value is 1.07. The number of nitrogens with one attached hydrogen (secondary N) is 1. The number of carboxylic acids is 1. The first-order valence-electron chi connectivity index (χ1n) is 2.13. The number of hydrogen-bond donors (Lipinski definition) is 2. The number of aliphatic carboxylic acids is 1. The van der Waals surface area contributed by atoms with Gasteiger partial charge in [-0.15, -0.1) is 0 Å². The predicted molar refractivity (Wildman–Crippen MR) is 27.3 cm³/mol. The van der Waals surface area contributed by atoms with Crippen molar-refractivity contribution in [2.45, 2.75) is 6.42 Å². The normalized spacial score (nSPS) is 7.62. The molecule has 0 spiro atoms. The van der Waals surface area contributed by atoms with E-state index in [0.717, 1.165) is 0 Å². The first-order chi connectivity index (χ1) is 3.27. The van der Waals surface area contributed by atoms with E-state index in [0.29, 0.717) is 6.54 Å². The summed E-state index contributed by atoms with van der Waals surface area (Å²) < 4.78 is 0. The summed E-state index contributed by atoms with van der Waals surface area (Å²) in [6.07, 6.45) is 0.205. The van der Waals surface area contributed by atoms with E-state index in [4.69, 9.17) is 5.11 Å². The van der Waals surface area contributed by atoms with E-state index in [2.05, 4.69) is 5.32 Å². The summed E-state index contributed by atoms with van der Waals surface area (Å²) in [4.78, 5) is 9.72. The molecule has 0 aromatic carbocycles. The first-order valence-corrected chi connectivity index (χ1v) is 2.13. The van der Waals surface area contributed by atoms with E-state index in [1.54, 1.807) is 7.05 Å². The molecule has 4 heteroatoms. The molecule has 0 saturated carbocycles. The zero-order valence-electron chi connectivity index (χ0n) is 6.27. The van der Waals surface area contributed by atoms with Crippen LogP contribution in [0.2, 0.25) is 0 Å². The minimum Gasteiger partial charge on any atom is -1.00 e. The van der Waals surface area contributed by atoms with Gasteiger partial charge < -0.3 is 11.8 Å². The van der Waals surface area contributed by atoms with E-state index >= 15 is 0 Å². The Kier molecular flexibility index (Phi) is 11.9. The van der Waals surface area contributed by atoms with Crippen LogP contribution in [-0.2, 0) is 4.79 Å². The van der Waals surface area contributed by atoms with Gasteiger partial charge in [0.25, 0.3) is 0 Å². The molecular weight excluding hydrogens is 133 g/mol. The van der Waals surface area contributed by atoms with Crippen LogP contribution < -0.4 is 56.7 Å². The van der Waals surface area contributed by atoms with Crippen molar-refractivity contribution in [1.82, 2.24) is 5.32 Å². The van der Waals surface area contributed by atoms with Crippen LogP contribution in [0.15, 0.2) is 0 Å². The van der Waals surface area contributed by atoms with Gasteiger partial charge in [0, 0.05) is 6.54 Å². The number of hydrogen-bond acceptors (Lipinski definition) is 2. The molecule has 44 valence electrons. The Morgan fingerprint density at radius 2 is 2.38 bits per heavy atom. The molecule has 0 aliphatic heterocycles. The molecule has 0 aliphatic rings. The van der Waals surface area contributed by atoms with Crippen molar-refractivity contribution in [1.29, 1.82) is 0 Å². The van der Waals surface area contributed by atoms with Crippen LogP contribution in [0.25, 0.3) is 0 Å². The SMILES string of the molecule is CNCCC(=O)O.[H-].[K+]. The fourth-order valence-corrected chi connectivity index (χ4v) is 0.232. The quantitative estimate of drug-likeness (QED) is 0.409. The molecule has 0 aliphatic carbocycles. The molecule has 0 atom stereocenters. The van der Waals surface area contributed by atoms with Gasteiger partial charge in [-0.1, -0.05) is 0 Å². The number of carbonyl (C=O) groups is 1. The maximum absolute atomic E-state index is 9.72. The van der Waals surface area contributed by atoms with Gasteiger partial charge >= 0.3 is 57.4 Å². The molecule has 2 N–H and O–H groups in total. The maximum atomic E-state index is 9.72. The third-order valence-corrected chi connectivity index (χ3v) is 0.589. The third kappa shape index (κ3) is 10.1. The van der Waals surface area contributed by atoms with Crippen molar-refractivity contribution in [3.8, 4) is 0 Å². The molecule has 0 amide bonds. The summed E-state index contributed by atoms with van der Waals surface area (Å²) in [5.74, 6) is -0.755. The summed E-state index contributed by atoms with van der Waals surface area (Å²) in [5, 5.41) is 10.7. The van der Waals surface area contributed by atoms with Crippen LogP contribution in [0.4, 0.5) is 0 Å². The molecule has 0 aromatic rings. The zero-order chi connectivity index (χ0) is 5.70. The molecule has 3 nitrogen and oxygen atoms in total. The fraction of sp³-hybridized carbons (Fsp3) is 0.750. The van der Waals surface area contributed by atoms with Crippen LogP contribution in [-0.4, -0.2) is 24.7 Å². The van der Waals surface area contributed by atoms with Crippen molar-refractivity contribution in [3.63, 3.8) is 0 Å². The first kappa shape index (κ1) is 11.8. The molecule has 0 fully saturated rings. The van der Waals surface area contributed by atoms with Gasteiger partial charge in [0.15, 0.2) is 0 Å². The standard InChI is InChI=1S/C4H9NO2.K.H/c1-5-3-2-4(6)7;;/h5H,2-3H2,1H3,(H,6,7);;/q;+1;-1. The summed E-state index contributed by atoms with van der Waals surface area (Å²) >= 11 is 0. The summed E-state index contributed by atoms with van der Waals surface area (Å²) in [7, 11) is 1.73. The fourth-order valence-electron chi connectivity index (χ4n) is 0.232. The summed E-state index contributed by atoms with van der Waals surface area (Å²) in [5.41, 5.74) is 0. The maximum Gasteiger partial charge on any atom is 1.00 e. The van der Waals surface area contributed by atoms with Crippen LogP contribution in [0, 0.1) is 0 Å². The molecule has 0 radical (unpaired) electrons. The van der Waals surface area contributed by atoms with Gasteiger partial charge in [0.1, 0.15) is 0 Å². The molecule has 0 rings (SSSR count). The molecular formula is C4H10KNO2. The van der Waals surface area contributed by atoms with Gasteiger partial charge in [-0.25, -0.2) is 0 Å². The average molecular weight is 143 g/mol. The second kappa shape index (κ2) is 8.07. The smallest absolute Gasteiger partial charge is 1.00 e. The Morgan fingerprint density at radius 3 is 2.50 bits per heavy atom. The second-order valence-electron chi connectivity index (χ2n) is 1.25. The van der Waals surface area contributed by atoms with Gasteiger partial charge in [-0.05, 0) is 7.05 Å². The van der Waals surface area contributed by atoms with Crippen LogP contribution in [0.5, 0.6) is 0 Å². The van der Waals surface area contributed by atoms with E-state index < -0.39 is 5.97 Å². The Balaban J connectivity index is -0.000000180. The third-order valence-electron chi connectivity index (χ3n) is 0.589. The average Bonchev–Trinajstić information content (AvgIpc) is 1.61. The molecule has 0 unspecified atom stereocenters. The van der Waals surface area contributed by atoms with Crippen molar-refractivity contribution in [2.75, 3.05) is 13.6 Å². The largest absolute Gasteiger partial charge is 1.00 e. The van der Waals surface area contributed by atoms with Gasteiger partial charge in [-0.3, -0.25) is 4.79 Å². The summed E-state index contributed by atoms with van der Waals surface area (Å²) in [6.45, 7) is 0.551. The van der Waals surface area contributed by atoms with Gasteiger partial charge in [0.05, 0.1) is 6.42 Å².